The molecule has 4 rings (SSSR count). The van der Waals surface area contributed by atoms with Crippen molar-refractivity contribution in [3.05, 3.63) is 71.4 Å². The molecule has 1 fully saturated rings. The molecular weight excluding hydrogens is 426 g/mol. The molecule has 0 spiro atoms. The molecule has 6 heteroatoms. The number of aromatic nitrogens is 2. The normalized spacial score (nSPS) is 15.0. The maximum atomic E-state index is 10.7. The van der Waals surface area contributed by atoms with E-state index in [1.165, 1.54) is 5.56 Å². The molecular formula is C28H37N3O3. The lowest BCUT2D eigenvalue weighted by Gasteiger charge is -2.27. The van der Waals surface area contributed by atoms with E-state index in [1.807, 2.05) is 87.0 Å². The molecule has 1 aliphatic rings. The summed E-state index contributed by atoms with van der Waals surface area (Å²) >= 11 is 0. The number of aryl methyl sites for hydroxylation is 2. The van der Waals surface area contributed by atoms with Crippen molar-refractivity contribution >= 4 is 0 Å². The zero-order chi connectivity index (χ0) is 24.3. The highest BCUT2D eigenvalue weighted by Crippen LogP contribution is 2.35. The second-order valence-corrected chi connectivity index (χ2v) is 10.3. The van der Waals surface area contributed by atoms with Crippen LogP contribution in [0.15, 0.2) is 54.6 Å². The number of hydrogen-bond acceptors (Lipinski definition) is 5. The van der Waals surface area contributed by atoms with Gasteiger partial charge in [0, 0.05) is 19.1 Å². The first-order chi connectivity index (χ1) is 16.2. The van der Waals surface area contributed by atoms with E-state index in [-0.39, 0.29) is 5.60 Å². The molecule has 0 aliphatic heterocycles. The first-order valence-corrected chi connectivity index (χ1v) is 12.1. The van der Waals surface area contributed by atoms with Crippen LogP contribution in [0.1, 0.15) is 50.4 Å². The molecule has 0 amide bonds. The quantitative estimate of drug-likeness (QED) is 0.435. The third-order valence-electron chi connectivity index (χ3n) is 5.95. The molecule has 1 saturated carbocycles. The van der Waals surface area contributed by atoms with Gasteiger partial charge in [-0.3, -0.25) is 4.90 Å². The number of hydrogen-bond donors (Lipinski definition) is 1. The van der Waals surface area contributed by atoms with Crippen molar-refractivity contribution in [2.24, 2.45) is 0 Å². The second kappa shape index (κ2) is 10.3. The highest BCUT2D eigenvalue weighted by Gasteiger charge is 2.33. The van der Waals surface area contributed by atoms with Gasteiger partial charge in [0.2, 0.25) is 5.88 Å². The molecule has 2 aromatic carbocycles. The molecule has 34 heavy (non-hydrogen) atoms. The molecule has 1 aromatic heterocycles. The Hall–Kier alpha value is -2.67. The van der Waals surface area contributed by atoms with Crippen LogP contribution in [0, 0.1) is 13.8 Å². The van der Waals surface area contributed by atoms with Crippen molar-refractivity contribution in [3.8, 4) is 17.3 Å². The van der Waals surface area contributed by atoms with Crippen molar-refractivity contribution < 1.29 is 14.6 Å². The Morgan fingerprint density at radius 2 is 1.74 bits per heavy atom. The van der Waals surface area contributed by atoms with Gasteiger partial charge in [-0.15, -0.1) is 0 Å². The van der Waals surface area contributed by atoms with Crippen LogP contribution < -0.4 is 4.74 Å². The standard InChI is InChI=1S/C28H37N3O3/c1-20-11-15-25(16-12-20)34-27-26(21(2)29-31(27)23-9-7-6-8-10-23)18-30(22-13-14-22)17-24(32)19-33-28(3,4)5/h6-12,15-16,22,24,32H,13-14,17-19H2,1-5H3/t24-/m1/s1. The van der Waals surface area contributed by atoms with Crippen LogP contribution in [0.5, 0.6) is 11.6 Å². The van der Waals surface area contributed by atoms with Gasteiger partial charge in [0.1, 0.15) is 5.75 Å². The summed E-state index contributed by atoms with van der Waals surface area (Å²) in [5, 5.41) is 15.6. The van der Waals surface area contributed by atoms with Crippen molar-refractivity contribution in [3.63, 3.8) is 0 Å². The SMILES string of the molecule is Cc1ccc(Oc2c(CN(C[C@@H](O)COC(C)(C)C)C3CC3)c(C)nn2-c2ccccc2)cc1. The lowest BCUT2D eigenvalue weighted by atomic mass is 10.2. The molecule has 0 radical (unpaired) electrons. The van der Waals surface area contributed by atoms with Crippen molar-refractivity contribution in [2.75, 3.05) is 13.2 Å². The van der Waals surface area contributed by atoms with Crippen LogP contribution in [-0.4, -0.2) is 50.7 Å². The van der Waals surface area contributed by atoms with Gasteiger partial charge in [0.25, 0.3) is 0 Å². The predicted octanol–water partition coefficient (Wildman–Crippen LogP) is 5.42. The Kier molecular flexibility index (Phi) is 7.41. The summed E-state index contributed by atoms with van der Waals surface area (Å²) in [6.45, 7) is 11.7. The zero-order valence-corrected chi connectivity index (χ0v) is 21.0. The van der Waals surface area contributed by atoms with E-state index < -0.39 is 6.10 Å². The number of para-hydroxylation sites is 1. The fourth-order valence-electron chi connectivity index (χ4n) is 3.94. The Labute approximate surface area is 203 Å². The van der Waals surface area contributed by atoms with Crippen LogP contribution >= 0.6 is 0 Å². The van der Waals surface area contributed by atoms with E-state index >= 15 is 0 Å². The minimum absolute atomic E-state index is 0.270. The third-order valence-corrected chi connectivity index (χ3v) is 5.95. The molecule has 1 N–H and O–H groups in total. The smallest absolute Gasteiger partial charge is 0.227 e. The molecule has 1 atom stereocenters. The number of aliphatic hydroxyl groups is 1. The average molecular weight is 464 g/mol. The fraction of sp³-hybridized carbons (Fsp3) is 0.464. The van der Waals surface area contributed by atoms with Crippen LogP contribution in [0.4, 0.5) is 0 Å². The summed E-state index contributed by atoms with van der Waals surface area (Å²) in [6, 6.07) is 18.6. The predicted molar refractivity (Wildman–Crippen MR) is 135 cm³/mol. The van der Waals surface area contributed by atoms with Crippen molar-refractivity contribution in [1.29, 1.82) is 0 Å². The van der Waals surface area contributed by atoms with Gasteiger partial charge < -0.3 is 14.6 Å². The first kappa shape index (κ1) is 24.5. The van der Waals surface area contributed by atoms with E-state index in [9.17, 15) is 5.11 Å². The van der Waals surface area contributed by atoms with Crippen LogP contribution in [0.25, 0.3) is 5.69 Å². The summed E-state index contributed by atoms with van der Waals surface area (Å²) in [4.78, 5) is 2.35. The molecule has 0 bridgehead atoms. The number of ether oxygens (including phenoxy) is 2. The van der Waals surface area contributed by atoms with Gasteiger partial charge >= 0.3 is 0 Å². The van der Waals surface area contributed by atoms with E-state index in [0.717, 1.165) is 41.4 Å². The zero-order valence-electron chi connectivity index (χ0n) is 21.0. The maximum absolute atomic E-state index is 10.7. The van der Waals surface area contributed by atoms with E-state index in [2.05, 4.69) is 11.8 Å². The summed E-state index contributed by atoms with van der Waals surface area (Å²) in [6.07, 6.45) is 1.74. The number of aliphatic hydroxyl groups excluding tert-OH is 1. The highest BCUT2D eigenvalue weighted by atomic mass is 16.5. The molecule has 3 aromatic rings. The Morgan fingerprint density at radius 3 is 2.35 bits per heavy atom. The topological polar surface area (TPSA) is 59.8 Å². The minimum Gasteiger partial charge on any atom is -0.439 e. The summed E-state index contributed by atoms with van der Waals surface area (Å²) < 4.78 is 14.2. The van der Waals surface area contributed by atoms with Gasteiger partial charge in [-0.1, -0.05) is 35.9 Å². The molecule has 0 saturated heterocycles. The lowest BCUT2D eigenvalue weighted by Crippen LogP contribution is -2.38. The Bertz CT molecular complexity index is 1070. The van der Waals surface area contributed by atoms with Gasteiger partial charge in [0.05, 0.1) is 35.3 Å². The van der Waals surface area contributed by atoms with Crippen molar-refractivity contribution in [2.45, 2.75) is 71.8 Å². The van der Waals surface area contributed by atoms with E-state index in [4.69, 9.17) is 14.6 Å². The number of benzene rings is 2. The van der Waals surface area contributed by atoms with E-state index in [0.29, 0.717) is 25.7 Å². The largest absolute Gasteiger partial charge is 0.439 e. The average Bonchev–Trinajstić information content (AvgIpc) is 3.60. The molecule has 0 unspecified atom stereocenters. The van der Waals surface area contributed by atoms with Crippen molar-refractivity contribution in [1.82, 2.24) is 14.7 Å². The lowest BCUT2D eigenvalue weighted by molar-refractivity contribution is -0.0573. The molecule has 182 valence electrons. The summed E-state index contributed by atoms with van der Waals surface area (Å²) in [7, 11) is 0. The third kappa shape index (κ3) is 6.47. The van der Waals surface area contributed by atoms with Crippen LogP contribution in [0.3, 0.4) is 0 Å². The van der Waals surface area contributed by atoms with Gasteiger partial charge in [-0.25, -0.2) is 4.68 Å². The van der Waals surface area contributed by atoms with Gasteiger partial charge in [0.15, 0.2) is 0 Å². The minimum atomic E-state index is -0.550. The Morgan fingerprint density at radius 1 is 1.06 bits per heavy atom. The second-order valence-electron chi connectivity index (χ2n) is 10.3. The summed E-state index contributed by atoms with van der Waals surface area (Å²) in [5.74, 6) is 1.50. The monoisotopic (exact) mass is 463 g/mol. The van der Waals surface area contributed by atoms with E-state index in [1.54, 1.807) is 0 Å². The fourth-order valence-corrected chi connectivity index (χ4v) is 3.94. The van der Waals surface area contributed by atoms with Gasteiger partial charge in [-0.2, -0.15) is 5.10 Å². The highest BCUT2D eigenvalue weighted by molar-refractivity contribution is 5.43. The molecule has 1 aliphatic carbocycles. The first-order valence-electron chi connectivity index (χ1n) is 12.1. The molecule has 1 heterocycles. The Balaban J connectivity index is 1.61. The van der Waals surface area contributed by atoms with Crippen LogP contribution in [-0.2, 0) is 11.3 Å². The number of nitrogens with zero attached hydrogens (tertiary/aromatic N) is 3. The number of rotatable bonds is 10. The molecule has 6 nitrogen and oxygen atoms in total. The van der Waals surface area contributed by atoms with Crippen LogP contribution in [0.2, 0.25) is 0 Å². The maximum Gasteiger partial charge on any atom is 0.227 e. The summed E-state index contributed by atoms with van der Waals surface area (Å²) in [5.41, 5.74) is 3.84. The van der Waals surface area contributed by atoms with Gasteiger partial charge in [-0.05, 0) is 71.7 Å².